The maximum atomic E-state index is 5.92. The van der Waals surface area contributed by atoms with Crippen molar-refractivity contribution in [2.24, 2.45) is 5.10 Å². The van der Waals surface area contributed by atoms with Crippen molar-refractivity contribution in [3.63, 3.8) is 0 Å². The lowest BCUT2D eigenvalue weighted by Crippen LogP contribution is -1.99. The molecule has 0 fully saturated rings. The molecule has 0 spiro atoms. The van der Waals surface area contributed by atoms with Gasteiger partial charge in [-0.3, -0.25) is 4.68 Å². The third-order valence-electron chi connectivity index (χ3n) is 3.95. The van der Waals surface area contributed by atoms with Gasteiger partial charge in [-0.2, -0.15) is 14.9 Å². The fourth-order valence-electron chi connectivity index (χ4n) is 2.55. The third-order valence-corrected chi connectivity index (χ3v) is 5.21. The second kappa shape index (κ2) is 8.86. The van der Waals surface area contributed by atoms with Gasteiger partial charge < -0.3 is 0 Å². The first-order valence-electron chi connectivity index (χ1n) is 8.64. The highest BCUT2D eigenvalue weighted by Gasteiger charge is 2.05. The van der Waals surface area contributed by atoms with E-state index in [4.69, 9.17) is 11.6 Å². The maximum absolute atomic E-state index is 5.92. The number of halogens is 1. The summed E-state index contributed by atoms with van der Waals surface area (Å²) in [4.78, 5) is 0. The summed E-state index contributed by atoms with van der Waals surface area (Å²) in [5.74, 6) is 0.764. The Kier molecular flexibility index (Phi) is 5.84. The quantitative estimate of drug-likeness (QED) is 0.337. The summed E-state index contributed by atoms with van der Waals surface area (Å²) in [6.07, 6.45) is 7.10. The van der Waals surface area contributed by atoms with Gasteiger partial charge in [0.05, 0.1) is 19.0 Å². The van der Waals surface area contributed by atoms with E-state index in [0.29, 0.717) is 0 Å². The van der Waals surface area contributed by atoms with Crippen molar-refractivity contribution >= 4 is 29.6 Å². The molecule has 0 radical (unpaired) electrons. The molecule has 0 atom stereocenters. The fourth-order valence-corrected chi connectivity index (χ4v) is 3.50. The Balaban J connectivity index is 1.39. The predicted octanol–water partition coefficient (Wildman–Crippen LogP) is 4.35. The molecule has 2 heterocycles. The average molecular weight is 409 g/mol. The lowest BCUT2D eigenvalue weighted by molar-refractivity contribution is 0.687. The van der Waals surface area contributed by atoms with Gasteiger partial charge in [0, 0.05) is 22.5 Å². The molecule has 0 bridgehead atoms. The zero-order chi connectivity index (χ0) is 19.2. The van der Waals surface area contributed by atoms with Crippen LogP contribution in [0.2, 0.25) is 5.02 Å². The van der Waals surface area contributed by atoms with Gasteiger partial charge >= 0.3 is 0 Å². The number of nitrogens with zero attached hydrogens (tertiary/aromatic N) is 6. The van der Waals surface area contributed by atoms with Crippen molar-refractivity contribution in [1.82, 2.24) is 24.7 Å². The molecule has 0 aliphatic carbocycles. The van der Waals surface area contributed by atoms with Crippen molar-refractivity contribution in [2.45, 2.75) is 17.5 Å². The summed E-state index contributed by atoms with van der Waals surface area (Å²) in [7, 11) is 0. The zero-order valence-corrected chi connectivity index (χ0v) is 16.5. The number of aromatic nitrogens is 5. The van der Waals surface area contributed by atoms with Gasteiger partial charge in [0.15, 0.2) is 0 Å². The second-order valence-corrected chi connectivity index (χ2v) is 7.45. The molecule has 4 rings (SSSR count). The van der Waals surface area contributed by atoms with E-state index in [9.17, 15) is 0 Å². The Bertz CT molecular complexity index is 1060. The maximum Gasteiger partial charge on any atom is 0.212 e. The predicted molar refractivity (Wildman–Crippen MR) is 112 cm³/mol. The van der Waals surface area contributed by atoms with Gasteiger partial charge in [-0.1, -0.05) is 65.8 Å². The van der Waals surface area contributed by atoms with Crippen LogP contribution < -0.4 is 0 Å². The summed E-state index contributed by atoms with van der Waals surface area (Å²) in [5.41, 5.74) is 3.28. The SMILES string of the molecule is Clc1ccc(CSc2nncn2/N=C\c2cnn(Cc3ccccc3)c2)cc1. The van der Waals surface area contributed by atoms with Crippen molar-refractivity contribution < 1.29 is 0 Å². The molecule has 8 heteroatoms. The van der Waals surface area contributed by atoms with Crippen LogP contribution in [0.4, 0.5) is 0 Å². The molecule has 28 heavy (non-hydrogen) atoms. The van der Waals surface area contributed by atoms with Gasteiger partial charge in [0.25, 0.3) is 0 Å². The Hall–Kier alpha value is -2.90. The van der Waals surface area contributed by atoms with E-state index < -0.39 is 0 Å². The Morgan fingerprint density at radius 1 is 1.04 bits per heavy atom. The fraction of sp³-hybridized carbons (Fsp3) is 0.100. The molecular formula is C20H17ClN6S. The van der Waals surface area contributed by atoms with E-state index in [1.165, 1.54) is 5.56 Å². The molecule has 0 amide bonds. The molecule has 4 aromatic rings. The highest BCUT2D eigenvalue weighted by atomic mass is 35.5. The first-order chi connectivity index (χ1) is 13.8. The molecule has 0 saturated carbocycles. The van der Waals surface area contributed by atoms with Crippen LogP contribution in [0.25, 0.3) is 0 Å². The van der Waals surface area contributed by atoms with Crippen LogP contribution in [-0.4, -0.2) is 30.9 Å². The van der Waals surface area contributed by atoms with Gasteiger partial charge in [0.1, 0.15) is 6.33 Å². The van der Waals surface area contributed by atoms with Crippen LogP contribution >= 0.6 is 23.4 Å². The lowest BCUT2D eigenvalue weighted by atomic mass is 10.2. The average Bonchev–Trinajstić information content (AvgIpc) is 3.36. The van der Waals surface area contributed by atoms with Crippen LogP contribution in [0.3, 0.4) is 0 Å². The van der Waals surface area contributed by atoms with Gasteiger partial charge in [-0.25, -0.2) is 0 Å². The van der Waals surface area contributed by atoms with Crippen LogP contribution in [0.1, 0.15) is 16.7 Å². The van der Waals surface area contributed by atoms with Gasteiger partial charge in [0.2, 0.25) is 5.16 Å². The van der Waals surface area contributed by atoms with Crippen LogP contribution in [0.5, 0.6) is 0 Å². The molecule has 0 N–H and O–H groups in total. The topological polar surface area (TPSA) is 60.9 Å². The molecule has 6 nitrogen and oxygen atoms in total. The monoisotopic (exact) mass is 408 g/mol. The largest absolute Gasteiger partial charge is 0.268 e. The molecule has 2 aromatic heterocycles. The number of hydrogen-bond acceptors (Lipinski definition) is 5. The Morgan fingerprint density at radius 2 is 1.86 bits per heavy atom. The molecule has 0 aliphatic heterocycles. The standard InChI is InChI=1S/C20H17ClN6S/c21-19-8-6-17(7-9-19)14-28-20-25-22-15-27(20)24-11-18-10-23-26(13-18)12-16-4-2-1-3-5-16/h1-11,13,15H,12,14H2/b24-11-. The van der Waals surface area contributed by atoms with Gasteiger partial charge in [-0.05, 0) is 23.3 Å². The smallest absolute Gasteiger partial charge is 0.212 e. The van der Waals surface area contributed by atoms with Crippen LogP contribution in [-0.2, 0) is 12.3 Å². The second-order valence-electron chi connectivity index (χ2n) is 6.07. The Labute approximate surface area is 171 Å². The summed E-state index contributed by atoms with van der Waals surface area (Å²) in [6, 6.07) is 18.0. The normalized spacial score (nSPS) is 11.3. The van der Waals surface area contributed by atoms with E-state index >= 15 is 0 Å². The van der Waals surface area contributed by atoms with Crippen molar-refractivity contribution in [3.8, 4) is 0 Å². The molecule has 0 aliphatic rings. The number of rotatable bonds is 7. The van der Waals surface area contributed by atoms with E-state index in [0.717, 1.165) is 33.6 Å². The molecule has 2 aromatic carbocycles. The number of thioether (sulfide) groups is 1. The highest BCUT2D eigenvalue weighted by molar-refractivity contribution is 7.98. The zero-order valence-electron chi connectivity index (χ0n) is 14.9. The van der Waals surface area contributed by atoms with E-state index in [2.05, 4.69) is 32.5 Å². The molecule has 140 valence electrons. The van der Waals surface area contributed by atoms with Crippen LogP contribution in [0, 0.1) is 0 Å². The first kappa shape index (κ1) is 18.5. The van der Waals surface area contributed by atoms with E-state index in [-0.39, 0.29) is 0 Å². The number of benzene rings is 2. The highest BCUT2D eigenvalue weighted by Crippen LogP contribution is 2.21. The first-order valence-corrected chi connectivity index (χ1v) is 10.0. The summed E-state index contributed by atoms with van der Waals surface area (Å²) < 4.78 is 3.55. The third kappa shape index (κ3) is 4.88. The van der Waals surface area contributed by atoms with Crippen molar-refractivity contribution in [3.05, 3.63) is 95.0 Å². The van der Waals surface area contributed by atoms with E-state index in [1.54, 1.807) is 35.2 Å². The summed E-state index contributed by atoms with van der Waals surface area (Å²) in [5, 5.41) is 18.4. The molecule has 0 saturated heterocycles. The van der Waals surface area contributed by atoms with E-state index in [1.807, 2.05) is 53.3 Å². The minimum atomic E-state index is 0.725. The van der Waals surface area contributed by atoms with Crippen molar-refractivity contribution in [2.75, 3.05) is 0 Å². The minimum Gasteiger partial charge on any atom is -0.268 e. The van der Waals surface area contributed by atoms with Crippen molar-refractivity contribution in [1.29, 1.82) is 0 Å². The summed E-state index contributed by atoms with van der Waals surface area (Å²) >= 11 is 7.49. The summed E-state index contributed by atoms with van der Waals surface area (Å²) in [6.45, 7) is 0.726. The minimum absolute atomic E-state index is 0.725. The number of hydrogen-bond donors (Lipinski definition) is 0. The van der Waals surface area contributed by atoms with Crippen LogP contribution in [0.15, 0.2) is 83.6 Å². The van der Waals surface area contributed by atoms with Gasteiger partial charge in [-0.15, -0.1) is 10.2 Å². The Morgan fingerprint density at radius 3 is 2.68 bits per heavy atom. The lowest BCUT2D eigenvalue weighted by Gasteiger charge is -2.01. The molecule has 0 unspecified atom stereocenters. The molecular weight excluding hydrogens is 392 g/mol.